The van der Waals surface area contributed by atoms with Gasteiger partial charge in [-0.15, -0.1) is 0 Å². The van der Waals surface area contributed by atoms with Crippen molar-refractivity contribution in [3.8, 4) is 0 Å². The number of aromatic nitrogens is 4. The van der Waals surface area contributed by atoms with E-state index in [0.717, 1.165) is 44.5 Å². The summed E-state index contributed by atoms with van der Waals surface area (Å²) in [6.45, 7) is 3.66. The van der Waals surface area contributed by atoms with E-state index in [2.05, 4.69) is 21.0 Å². The first kappa shape index (κ1) is 16.8. The number of ether oxygens (including phenoxy) is 1. The Bertz CT molecular complexity index is 966. The van der Waals surface area contributed by atoms with Crippen molar-refractivity contribution in [2.45, 2.75) is 51.1 Å². The first-order chi connectivity index (χ1) is 13.1. The first-order valence-corrected chi connectivity index (χ1v) is 9.58. The monoisotopic (exact) mass is 369 g/mol. The fourth-order valence-electron chi connectivity index (χ4n) is 4.13. The van der Waals surface area contributed by atoms with E-state index in [1.165, 1.54) is 4.68 Å². The van der Waals surface area contributed by atoms with Gasteiger partial charge in [-0.25, -0.2) is 4.68 Å². The molecule has 0 radical (unpaired) electrons. The fraction of sp³-hybridized carbons (Fsp3) is 0.579. The number of likely N-dealkylation sites (tertiary alicyclic amines) is 1. The average molecular weight is 369 g/mol. The molecule has 0 unspecified atom stereocenters. The van der Waals surface area contributed by atoms with Crippen LogP contribution in [0.4, 0.5) is 0 Å². The van der Waals surface area contributed by atoms with Crippen molar-refractivity contribution in [2.75, 3.05) is 13.1 Å². The summed E-state index contributed by atoms with van der Waals surface area (Å²) >= 11 is 0. The molecule has 0 N–H and O–H groups in total. The Morgan fingerprint density at radius 3 is 2.89 bits per heavy atom. The van der Waals surface area contributed by atoms with Crippen LogP contribution in [0.5, 0.6) is 0 Å². The summed E-state index contributed by atoms with van der Waals surface area (Å²) in [5.41, 5.74) is -0.231. The Hall–Kier alpha value is -2.32. The molecule has 8 heteroatoms. The van der Waals surface area contributed by atoms with Crippen molar-refractivity contribution >= 4 is 0 Å². The highest BCUT2D eigenvalue weighted by molar-refractivity contribution is 5.10. The molecule has 0 bridgehead atoms. The lowest BCUT2D eigenvalue weighted by Gasteiger charge is -2.35. The van der Waals surface area contributed by atoms with Crippen LogP contribution in [0.3, 0.4) is 0 Å². The molecule has 1 spiro atoms. The van der Waals surface area contributed by atoms with Crippen molar-refractivity contribution in [2.24, 2.45) is 5.92 Å². The van der Waals surface area contributed by atoms with Crippen LogP contribution in [0, 0.1) is 5.92 Å². The highest BCUT2D eigenvalue weighted by Crippen LogP contribution is 2.32. The molecule has 2 aromatic rings. The summed E-state index contributed by atoms with van der Waals surface area (Å²) in [7, 11) is 0. The molecule has 8 nitrogen and oxygen atoms in total. The molecule has 1 atom stereocenters. The summed E-state index contributed by atoms with van der Waals surface area (Å²) in [6.07, 6.45) is 6.70. The van der Waals surface area contributed by atoms with Gasteiger partial charge in [0.2, 0.25) is 0 Å². The highest BCUT2D eigenvalue weighted by Gasteiger charge is 2.43. The standard InChI is InChI=1S/C19H23N5O3/c25-17-18(26)24(10-14-3-4-14)21-16-11-27-19(13-23(16)17)5-7-22(12-19)9-15-2-1-6-20-8-15/h1-2,6,8,14H,3-5,7,9-13H2/t19-/m0/s1. The number of nitrogens with zero attached hydrogens (tertiary/aromatic N) is 5. The van der Waals surface area contributed by atoms with Gasteiger partial charge in [0.15, 0.2) is 5.82 Å². The van der Waals surface area contributed by atoms with Gasteiger partial charge in [0.1, 0.15) is 12.2 Å². The lowest BCUT2D eigenvalue weighted by molar-refractivity contribution is -0.0859. The van der Waals surface area contributed by atoms with Gasteiger partial charge in [-0.3, -0.25) is 24.0 Å². The molecule has 142 valence electrons. The van der Waals surface area contributed by atoms with Crippen molar-refractivity contribution in [3.05, 3.63) is 56.6 Å². The molecule has 1 saturated heterocycles. The second-order valence-electron chi connectivity index (χ2n) is 8.03. The smallest absolute Gasteiger partial charge is 0.332 e. The van der Waals surface area contributed by atoms with Crippen molar-refractivity contribution < 1.29 is 4.74 Å². The minimum Gasteiger partial charge on any atom is -0.364 e. The van der Waals surface area contributed by atoms with Crippen molar-refractivity contribution in [1.82, 2.24) is 24.2 Å². The van der Waals surface area contributed by atoms with Gasteiger partial charge in [-0.1, -0.05) is 6.07 Å². The molecule has 27 heavy (non-hydrogen) atoms. The topological polar surface area (TPSA) is 82.2 Å². The Labute approximate surface area is 156 Å². The van der Waals surface area contributed by atoms with E-state index in [1.807, 2.05) is 12.3 Å². The van der Waals surface area contributed by atoms with E-state index in [0.29, 0.717) is 24.8 Å². The van der Waals surface area contributed by atoms with Crippen molar-refractivity contribution in [3.63, 3.8) is 0 Å². The Balaban J connectivity index is 1.36. The van der Waals surface area contributed by atoms with Crippen LogP contribution < -0.4 is 11.1 Å². The molecule has 0 aromatic carbocycles. The summed E-state index contributed by atoms with van der Waals surface area (Å²) in [5.74, 6) is 1.06. The molecular weight excluding hydrogens is 346 g/mol. The number of rotatable bonds is 4. The second-order valence-corrected chi connectivity index (χ2v) is 8.03. The maximum absolute atomic E-state index is 12.7. The maximum Gasteiger partial charge on any atom is 0.332 e. The Kier molecular flexibility index (Phi) is 3.98. The molecule has 0 amide bonds. The minimum absolute atomic E-state index is 0.279. The predicted octanol–water partition coefficient (Wildman–Crippen LogP) is 0.385. The molecule has 5 rings (SSSR count). The van der Waals surface area contributed by atoms with Crippen LogP contribution in [0.15, 0.2) is 34.1 Å². The fourth-order valence-corrected chi connectivity index (χ4v) is 4.13. The van der Waals surface area contributed by atoms with Crippen LogP contribution in [0.25, 0.3) is 0 Å². The largest absolute Gasteiger partial charge is 0.364 e. The van der Waals surface area contributed by atoms with Gasteiger partial charge in [0.25, 0.3) is 0 Å². The zero-order valence-corrected chi connectivity index (χ0v) is 15.2. The number of hydrogen-bond donors (Lipinski definition) is 0. The van der Waals surface area contributed by atoms with E-state index in [4.69, 9.17) is 4.74 Å². The molecule has 1 saturated carbocycles. The van der Waals surface area contributed by atoms with E-state index >= 15 is 0 Å². The molecule has 2 aliphatic heterocycles. The number of pyridine rings is 1. The third-order valence-corrected chi connectivity index (χ3v) is 5.82. The van der Waals surface area contributed by atoms with Gasteiger partial charge in [0.05, 0.1) is 6.54 Å². The summed E-state index contributed by atoms with van der Waals surface area (Å²) < 4.78 is 9.08. The van der Waals surface area contributed by atoms with E-state index in [9.17, 15) is 9.59 Å². The predicted molar refractivity (Wildman–Crippen MR) is 97.1 cm³/mol. The van der Waals surface area contributed by atoms with Crippen LogP contribution >= 0.6 is 0 Å². The quantitative estimate of drug-likeness (QED) is 0.725. The zero-order valence-electron chi connectivity index (χ0n) is 15.2. The average Bonchev–Trinajstić information content (AvgIpc) is 3.42. The van der Waals surface area contributed by atoms with Crippen LogP contribution in [0.1, 0.15) is 30.7 Å². The summed E-state index contributed by atoms with van der Waals surface area (Å²) in [6, 6.07) is 4.00. The molecule has 3 aliphatic rings. The molecule has 1 aliphatic carbocycles. The molecule has 4 heterocycles. The van der Waals surface area contributed by atoms with Crippen molar-refractivity contribution in [1.29, 1.82) is 0 Å². The van der Waals surface area contributed by atoms with Gasteiger partial charge in [-0.2, -0.15) is 5.10 Å². The zero-order chi connectivity index (χ0) is 18.4. The van der Waals surface area contributed by atoms with Gasteiger partial charge in [0, 0.05) is 38.6 Å². The minimum atomic E-state index is -0.507. The Morgan fingerprint density at radius 2 is 2.11 bits per heavy atom. The van der Waals surface area contributed by atoms with Crippen LogP contribution in [0.2, 0.25) is 0 Å². The third-order valence-electron chi connectivity index (χ3n) is 5.82. The van der Waals surface area contributed by atoms with E-state index < -0.39 is 16.7 Å². The van der Waals surface area contributed by atoms with Gasteiger partial charge in [-0.05, 0) is 36.8 Å². The van der Waals surface area contributed by atoms with Gasteiger partial charge < -0.3 is 4.74 Å². The normalized spacial score (nSPS) is 25.0. The maximum atomic E-state index is 12.7. The number of hydrogen-bond acceptors (Lipinski definition) is 6. The molecule has 2 fully saturated rings. The van der Waals surface area contributed by atoms with Crippen LogP contribution in [-0.4, -0.2) is 42.9 Å². The Morgan fingerprint density at radius 1 is 1.22 bits per heavy atom. The van der Waals surface area contributed by atoms with Gasteiger partial charge >= 0.3 is 11.1 Å². The number of fused-ring (bicyclic) bond motifs is 1. The summed E-state index contributed by atoms with van der Waals surface area (Å²) in [5, 5.41) is 4.42. The molecular formula is C19H23N5O3. The molecule has 2 aromatic heterocycles. The lowest BCUT2D eigenvalue weighted by Crippen LogP contribution is -2.53. The van der Waals surface area contributed by atoms with Crippen LogP contribution in [-0.2, 0) is 31.0 Å². The summed E-state index contributed by atoms with van der Waals surface area (Å²) in [4.78, 5) is 31.6. The second kappa shape index (κ2) is 6.38. The SMILES string of the molecule is O=c1c(=O)n2c(nn1CC1CC1)CO[C@]1(CCN(Cc3cccnc3)C1)C2. The lowest BCUT2D eigenvalue weighted by atomic mass is 10.0. The first-order valence-electron chi connectivity index (χ1n) is 9.58. The third kappa shape index (κ3) is 3.23. The highest BCUT2D eigenvalue weighted by atomic mass is 16.5. The van der Waals surface area contributed by atoms with E-state index in [-0.39, 0.29) is 6.61 Å². The van der Waals surface area contributed by atoms with E-state index in [1.54, 1.807) is 10.8 Å².